The van der Waals surface area contributed by atoms with Crippen LogP contribution >= 0.6 is 0 Å². The molecule has 1 aliphatic heterocycles. The van der Waals surface area contributed by atoms with Crippen molar-refractivity contribution in [3.63, 3.8) is 0 Å². The molecule has 0 aromatic heterocycles. The van der Waals surface area contributed by atoms with E-state index in [-0.39, 0.29) is 18.2 Å². The van der Waals surface area contributed by atoms with Gasteiger partial charge < -0.3 is 14.7 Å². The van der Waals surface area contributed by atoms with Crippen LogP contribution in [-0.2, 0) is 0 Å². The molecule has 0 radical (unpaired) electrons. The Hall–Kier alpha value is -1.13. The van der Waals surface area contributed by atoms with E-state index >= 15 is 0 Å². The highest BCUT2D eigenvalue weighted by Gasteiger charge is 2.19. The van der Waals surface area contributed by atoms with Gasteiger partial charge in [0.05, 0.1) is 13.1 Å². The van der Waals surface area contributed by atoms with Crippen LogP contribution in [0, 0.1) is 5.82 Å². The van der Waals surface area contributed by atoms with Gasteiger partial charge in [0, 0.05) is 12.8 Å². The molecule has 2 N–H and O–H groups in total. The number of hydrogen-bond acceptors (Lipinski definition) is 2. The highest BCUT2D eigenvalue weighted by atomic mass is 19.1. The molecular formula is C13H19FNO2+. The standard InChI is InChI=1S/C13H18FNO2/c14-12-5-1-2-6-13(12)17-10-11(16)9-15-7-3-4-8-15/h1-2,5-6,11,16H,3-4,7-10H2/p+1/t11-/m1/s1. The molecule has 1 aliphatic rings. The van der Waals surface area contributed by atoms with E-state index in [9.17, 15) is 9.50 Å². The van der Waals surface area contributed by atoms with Crippen LogP contribution in [0.5, 0.6) is 5.75 Å². The average Bonchev–Trinajstić information content (AvgIpc) is 2.81. The third-order valence-corrected chi connectivity index (χ3v) is 3.10. The summed E-state index contributed by atoms with van der Waals surface area (Å²) in [6.07, 6.45) is 1.94. The lowest BCUT2D eigenvalue weighted by Crippen LogP contribution is -3.11. The van der Waals surface area contributed by atoms with Crippen molar-refractivity contribution < 1.29 is 19.1 Å². The molecule has 0 bridgehead atoms. The monoisotopic (exact) mass is 240 g/mol. The molecule has 0 spiro atoms. The Balaban J connectivity index is 1.75. The highest BCUT2D eigenvalue weighted by Crippen LogP contribution is 2.15. The number of aliphatic hydroxyl groups excluding tert-OH is 1. The Morgan fingerprint density at radius 1 is 1.29 bits per heavy atom. The van der Waals surface area contributed by atoms with Crippen LogP contribution in [0.25, 0.3) is 0 Å². The van der Waals surface area contributed by atoms with E-state index in [0.717, 1.165) is 13.1 Å². The van der Waals surface area contributed by atoms with E-state index in [0.29, 0.717) is 6.54 Å². The molecule has 4 heteroatoms. The number of para-hydroxylation sites is 1. The van der Waals surface area contributed by atoms with Crippen LogP contribution < -0.4 is 9.64 Å². The van der Waals surface area contributed by atoms with Crippen molar-refractivity contribution in [1.82, 2.24) is 0 Å². The molecule has 17 heavy (non-hydrogen) atoms. The minimum absolute atomic E-state index is 0.157. The maximum atomic E-state index is 13.2. The fourth-order valence-corrected chi connectivity index (χ4v) is 2.22. The van der Waals surface area contributed by atoms with Gasteiger partial charge in [-0.05, 0) is 12.1 Å². The van der Waals surface area contributed by atoms with Crippen LogP contribution in [0.15, 0.2) is 24.3 Å². The maximum Gasteiger partial charge on any atom is 0.165 e. The first-order valence-electron chi connectivity index (χ1n) is 6.14. The third-order valence-electron chi connectivity index (χ3n) is 3.10. The van der Waals surface area contributed by atoms with Crippen molar-refractivity contribution in [3.05, 3.63) is 30.1 Å². The Labute approximate surface area is 101 Å². The zero-order valence-corrected chi connectivity index (χ0v) is 9.86. The summed E-state index contributed by atoms with van der Waals surface area (Å²) in [5.41, 5.74) is 0. The first-order valence-corrected chi connectivity index (χ1v) is 6.14. The average molecular weight is 240 g/mol. The summed E-state index contributed by atoms with van der Waals surface area (Å²) in [6.45, 7) is 3.09. The second kappa shape index (κ2) is 5.98. The van der Waals surface area contributed by atoms with Gasteiger partial charge in [0.25, 0.3) is 0 Å². The molecule has 2 rings (SSSR count). The van der Waals surface area contributed by atoms with E-state index < -0.39 is 6.10 Å². The Morgan fingerprint density at radius 2 is 2.00 bits per heavy atom. The molecule has 1 saturated heterocycles. The van der Waals surface area contributed by atoms with Gasteiger partial charge in [-0.15, -0.1) is 0 Å². The molecule has 0 aliphatic carbocycles. The van der Waals surface area contributed by atoms with E-state index in [1.807, 2.05) is 0 Å². The van der Waals surface area contributed by atoms with E-state index in [1.165, 1.54) is 23.8 Å². The fraction of sp³-hybridized carbons (Fsp3) is 0.538. The number of likely N-dealkylation sites (tertiary alicyclic amines) is 1. The van der Waals surface area contributed by atoms with Gasteiger partial charge in [-0.3, -0.25) is 0 Å². The first-order chi connectivity index (χ1) is 8.25. The highest BCUT2D eigenvalue weighted by molar-refractivity contribution is 5.23. The van der Waals surface area contributed by atoms with Crippen LogP contribution in [0.3, 0.4) is 0 Å². The van der Waals surface area contributed by atoms with Gasteiger partial charge in [0.15, 0.2) is 11.6 Å². The van der Waals surface area contributed by atoms with Crippen molar-refractivity contribution in [3.8, 4) is 5.75 Å². The number of quaternary nitrogens is 1. The summed E-state index contributed by atoms with van der Waals surface area (Å²) in [4.78, 5) is 1.41. The molecule has 0 amide bonds. The zero-order valence-electron chi connectivity index (χ0n) is 9.86. The molecule has 1 aromatic carbocycles. The summed E-state index contributed by atoms with van der Waals surface area (Å²) < 4.78 is 18.5. The molecule has 94 valence electrons. The summed E-state index contributed by atoms with van der Waals surface area (Å²) in [6, 6.07) is 6.27. The second-order valence-electron chi connectivity index (χ2n) is 4.56. The molecular weight excluding hydrogens is 221 g/mol. The van der Waals surface area contributed by atoms with Gasteiger partial charge in [-0.2, -0.15) is 0 Å². The third kappa shape index (κ3) is 3.68. The number of hydrogen-bond donors (Lipinski definition) is 2. The van der Waals surface area contributed by atoms with Crippen molar-refractivity contribution >= 4 is 0 Å². The normalized spacial score (nSPS) is 18.2. The lowest BCUT2D eigenvalue weighted by atomic mass is 10.3. The largest absolute Gasteiger partial charge is 0.488 e. The minimum Gasteiger partial charge on any atom is -0.488 e. The van der Waals surface area contributed by atoms with Crippen LogP contribution in [-0.4, -0.2) is 37.5 Å². The SMILES string of the molecule is O[C@@H](COc1ccccc1F)C[NH+]1CCCC1. The Morgan fingerprint density at radius 3 is 2.71 bits per heavy atom. The smallest absolute Gasteiger partial charge is 0.165 e. The zero-order chi connectivity index (χ0) is 12.1. The number of rotatable bonds is 5. The quantitative estimate of drug-likeness (QED) is 0.773. The molecule has 1 atom stereocenters. The van der Waals surface area contributed by atoms with Crippen LogP contribution in [0.4, 0.5) is 4.39 Å². The second-order valence-corrected chi connectivity index (χ2v) is 4.56. The predicted octanol–water partition coefficient (Wildman–Crippen LogP) is 0.244. The molecule has 0 saturated carbocycles. The first kappa shape index (κ1) is 12.3. The summed E-state index contributed by atoms with van der Waals surface area (Å²) in [7, 11) is 0. The maximum absolute atomic E-state index is 13.2. The van der Waals surface area contributed by atoms with Crippen molar-refractivity contribution in [2.75, 3.05) is 26.2 Å². The number of aliphatic hydroxyl groups is 1. The van der Waals surface area contributed by atoms with Crippen molar-refractivity contribution in [2.45, 2.75) is 18.9 Å². The summed E-state index contributed by atoms with van der Waals surface area (Å²) in [5, 5.41) is 9.79. The van der Waals surface area contributed by atoms with E-state index in [2.05, 4.69) is 0 Å². The van der Waals surface area contributed by atoms with Crippen LogP contribution in [0.2, 0.25) is 0 Å². The Bertz CT molecular complexity index is 353. The van der Waals surface area contributed by atoms with Gasteiger partial charge >= 0.3 is 0 Å². The summed E-state index contributed by atoms with van der Waals surface area (Å²) >= 11 is 0. The lowest BCUT2D eigenvalue weighted by Gasteiger charge is -2.17. The summed E-state index contributed by atoms with van der Waals surface area (Å²) in [5.74, 6) is -0.170. The Kier molecular flexibility index (Phi) is 4.34. The molecule has 1 aromatic rings. The predicted molar refractivity (Wildman–Crippen MR) is 62.7 cm³/mol. The fourth-order valence-electron chi connectivity index (χ4n) is 2.22. The number of ether oxygens (including phenoxy) is 1. The minimum atomic E-state index is -0.525. The molecule has 0 unspecified atom stereocenters. The van der Waals surface area contributed by atoms with Crippen LogP contribution in [0.1, 0.15) is 12.8 Å². The molecule has 1 fully saturated rings. The lowest BCUT2D eigenvalue weighted by molar-refractivity contribution is -0.890. The van der Waals surface area contributed by atoms with Crippen molar-refractivity contribution in [2.24, 2.45) is 0 Å². The van der Waals surface area contributed by atoms with E-state index in [4.69, 9.17) is 4.74 Å². The van der Waals surface area contributed by atoms with Gasteiger partial charge in [0.2, 0.25) is 0 Å². The molecule has 1 heterocycles. The van der Waals surface area contributed by atoms with E-state index in [1.54, 1.807) is 18.2 Å². The number of nitrogens with one attached hydrogen (secondary N) is 1. The van der Waals surface area contributed by atoms with Crippen molar-refractivity contribution in [1.29, 1.82) is 0 Å². The number of benzene rings is 1. The molecule has 3 nitrogen and oxygen atoms in total. The van der Waals surface area contributed by atoms with Gasteiger partial charge in [0.1, 0.15) is 19.3 Å². The number of halogens is 1. The van der Waals surface area contributed by atoms with Gasteiger partial charge in [-0.1, -0.05) is 12.1 Å². The van der Waals surface area contributed by atoms with Gasteiger partial charge in [-0.25, -0.2) is 4.39 Å². The topological polar surface area (TPSA) is 33.9 Å².